The molecule has 2 aromatic rings. The largest absolute Gasteiger partial charge is 0.481 e. The van der Waals surface area contributed by atoms with E-state index in [1.165, 1.54) is 31.4 Å². The summed E-state index contributed by atoms with van der Waals surface area (Å²) in [4.78, 5) is 16.3. The van der Waals surface area contributed by atoms with Gasteiger partial charge in [-0.15, -0.1) is 0 Å². The SMILES string of the molecule is COc1cc(CNC(=O)C(C)(C)Oc2ccc(F)cc2)ccn1. The molecular formula is C17H19FN2O3. The Hall–Kier alpha value is -2.63. The van der Waals surface area contributed by atoms with Crippen LogP contribution < -0.4 is 14.8 Å². The van der Waals surface area contributed by atoms with E-state index in [0.29, 0.717) is 18.2 Å². The lowest BCUT2D eigenvalue weighted by Crippen LogP contribution is -2.46. The van der Waals surface area contributed by atoms with Crippen LogP contribution in [0.5, 0.6) is 11.6 Å². The molecule has 0 aliphatic carbocycles. The zero-order chi connectivity index (χ0) is 16.9. The molecule has 0 aliphatic heterocycles. The minimum Gasteiger partial charge on any atom is -0.481 e. The number of nitrogens with zero attached hydrogens (tertiary/aromatic N) is 1. The van der Waals surface area contributed by atoms with Crippen LogP contribution in [0.4, 0.5) is 4.39 Å². The van der Waals surface area contributed by atoms with Gasteiger partial charge in [-0.3, -0.25) is 4.79 Å². The summed E-state index contributed by atoms with van der Waals surface area (Å²) in [6.07, 6.45) is 1.61. The first-order valence-electron chi connectivity index (χ1n) is 7.12. The molecule has 0 fully saturated rings. The van der Waals surface area contributed by atoms with Crippen molar-refractivity contribution in [2.75, 3.05) is 7.11 Å². The summed E-state index contributed by atoms with van der Waals surface area (Å²) in [5.41, 5.74) is -0.225. The fourth-order valence-electron chi connectivity index (χ4n) is 1.91. The van der Waals surface area contributed by atoms with Crippen molar-refractivity contribution in [1.29, 1.82) is 0 Å². The Morgan fingerprint density at radius 3 is 2.61 bits per heavy atom. The van der Waals surface area contributed by atoms with Crippen molar-refractivity contribution in [1.82, 2.24) is 10.3 Å². The maximum absolute atomic E-state index is 12.9. The average molecular weight is 318 g/mol. The molecule has 0 bridgehead atoms. The molecule has 0 unspecified atom stereocenters. The number of carbonyl (C=O) groups is 1. The lowest BCUT2D eigenvalue weighted by molar-refractivity contribution is -0.134. The monoisotopic (exact) mass is 318 g/mol. The number of hydrogen-bond donors (Lipinski definition) is 1. The molecule has 23 heavy (non-hydrogen) atoms. The quantitative estimate of drug-likeness (QED) is 0.889. The number of aromatic nitrogens is 1. The maximum atomic E-state index is 12.9. The number of halogens is 1. The zero-order valence-corrected chi connectivity index (χ0v) is 13.3. The van der Waals surface area contributed by atoms with E-state index in [1.807, 2.05) is 0 Å². The minimum atomic E-state index is -1.09. The first-order valence-corrected chi connectivity index (χ1v) is 7.12. The lowest BCUT2D eigenvalue weighted by Gasteiger charge is -2.25. The van der Waals surface area contributed by atoms with Gasteiger partial charge in [0, 0.05) is 18.8 Å². The molecule has 0 aliphatic rings. The summed E-state index contributed by atoms with van der Waals surface area (Å²) < 4.78 is 23.6. The van der Waals surface area contributed by atoms with Crippen LogP contribution in [0.1, 0.15) is 19.4 Å². The highest BCUT2D eigenvalue weighted by molar-refractivity contribution is 5.84. The van der Waals surface area contributed by atoms with Gasteiger partial charge < -0.3 is 14.8 Å². The molecular weight excluding hydrogens is 299 g/mol. The van der Waals surface area contributed by atoms with Gasteiger partial charge >= 0.3 is 0 Å². The van der Waals surface area contributed by atoms with E-state index in [0.717, 1.165) is 5.56 Å². The molecule has 6 heteroatoms. The Kier molecular flexibility index (Phi) is 5.16. The van der Waals surface area contributed by atoms with Crippen LogP contribution >= 0.6 is 0 Å². The third kappa shape index (κ3) is 4.67. The van der Waals surface area contributed by atoms with Crippen molar-refractivity contribution < 1.29 is 18.7 Å². The topological polar surface area (TPSA) is 60.5 Å². The highest BCUT2D eigenvalue weighted by atomic mass is 19.1. The van der Waals surface area contributed by atoms with E-state index in [1.54, 1.807) is 32.2 Å². The van der Waals surface area contributed by atoms with Gasteiger partial charge in [-0.1, -0.05) is 0 Å². The molecule has 0 spiro atoms. The molecule has 122 valence electrons. The molecule has 0 atom stereocenters. The summed E-state index contributed by atoms with van der Waals surface area (Å²) in [6, 6.07) is 9.07. The van der Waals surface area contributed by atoms with E-state index in [-0.39, 0.29) is 11.7 Å². The number of nitrogens with one attached hydrogen (secondary N) is 1. The third-order valence-corrected chi connectivity index (χ3v) is 3.19. The van der Waals surface area contributed by atoms with Crippen LogP contribution in [0, 0.1) is 5.82 Å². The molecule has 0 saturated carbocycles. The molecule has 5 nitrogen and oxygen atoms in total. The molecule has 2 rings (SSSR count). The van der Waals surface area contributed by atoms with E-state index in [4.69, 9.17) is 9.47 Å². The van der Waals surface area contributed by atoms with Crippen LogP contribution in [-0.4, -0.2) is 23.6 Å². The van der Waals surface area contributed by atoms with Crippen LogP contribution in [0.2, 0.25) is 0 Å². The Morgan fingerprint density at radius 2 is 1.96 bits per heavy atom. The van der Waals surface area contributed by atoms with Crippen molar-refractivity contribution in [3.8, 4) is 11.6 Å². The average Bonchev–Trinajstić information content (AvgIpc) is 2.54. The Bertz CT molecular complexity index is 672. The molecule has 0 saturated heterocycles. The minimum absolute atomic E-state index is 0.280. The highest BCUT2D eigenvalue weighted by Crippen LogP contribution is 2.19. The second-order valence-corrected chi connectivity index (χ2v) is 5.46. The number of hydrogen-bond acceptors (Lipinski definition) is 4. The number of ether oxygens (including phenoxy) is 2. The Labute approximate surface area is 134 Å². The summed E-state index contributed by atoms with van der Waals surface area (Å²) in [5.74, 6) is 0.277. The van der Waals surface area contributed by atoms with Crippen molar-refractivity contribution in [3.05, 3.63) is 54.0 Å². The molecule has 1 aromatic carbocycles. The van der Waals surface area contributed by atoms with Crippen LogP contribution in [0.25, 0.3) is 0 Å². The van der Waals surface area contributed by atoms with Gasteiger partial charge in [0.1, 0.15) is 11.6 Å². The molecule has 1 N–H and O–H groups in total. The summed E-state index contributed by atoms with van der Waals surface area (Å²) in [6.45, 7) is 3.63. The predicted octanol–water partition coefficient (Wildman–Crippen LogP) is 2.70. The van der Waals surface area contributed by atoms with E-state index >= 15 is 0 Å². The summed E-state index contributed by atoms with van der Waals surface area (Å²) in [5, 5.41) is 2.80. The van der Waals surface area contributed by atoms with Crippen molar-refractivity contribution in [2.45, 2.75) is 26.0 Å². The summed E-state index contributed by atoms with van der Waals surface area (Å²) in [7, 11) is 1.53. The van der Waals surface area contributed by atoms with Crippen LogP contribution in [-0.2, 0) is 11.3 Å². The van der Waals surface area contributed by atoms with Crippen molar-refractivity contribution >= 4 is 5.91 Å². The van der Waals surface area contributed by atoms with E-state index < -0.39 is 5.60 Å². The van der Waals surface area contributed by atoms with Gasteiger partial charge in [-0.25, -0.2) is 9.37 Å². The number of rotatable bonds is 6. The van der Waals surface area contributed by atoms with Crippen LogP contribution in [0.3, 0.4) is 0 Å². The second-order valence-electron chi connectivity index (χ2n) is 5.46. The second kappa shape index (κ2) is 7.09. The van der Waals surface area contributed by atoms with Gasteiger partial charge in [0.15, 0.2) is 5.60 Å². The Balaban J connectivity index is 1.96. The molecule has 1 amide bonds. The van der Waals surface area contributed by atoms with Gasteiger partial charge in [-0.05, 0) is 49.7 Å². The highest BCUT2D eigenvalue weighted by Gasteiger charge is 2.29. The Morgan fingerprint density at radius 1 is 1.26 bits per heavy atom. The first-order chi connectivity index (χ1) is 10.9. The maximum Gasteiger partial charge on any atom is 0.263 e. The fourth-order valence-corrected chi connectivity index (χ4v) is 1.91. The molecule has 1 heterocycles. The number of benzene rings is 1. The lowest BCUT2D eigenvalue weighted by atomic mass is 10.1. The van der Waals surface area contributed by atoms with Gasteiger partial charge in [0.2, 0.25) is 5.88 Å². The molecule has 1 aromatic heterocycles. The first kappa shape index (κ1) is 16.7. The van der Waals surface area contributed by atoms with Crippen molar-refractivity contribution in [2.24, 2.45) is 0 Å². The van der Waals surface area contributed by atoms with Crippen molar-refractivity contribution in [3.63, 3.8) is 0 Å². The standard InChI is InChI=1S/C17H19FN2O3/c1-17(2,23-14-6-4-13(18)5-7-14)16(21)20-11-12-8-9-19-15(10-12)22-3/h4-10H,11H2,1-3H3,(H,20,21). The number of pyridine rings is 1. The molecule has 0 radical (unpaired) electrons. The number of amides is 1. The van der Waals surface area contributed by atoms with E-state index in [2.05, 4.69) is 10.3 Å². The number of methoxy groups -OCH3 is 1. The smallest absolute Gasteiger partial charge is 0.263 e. The van der Waals surface area contributed by atoms with Gasteiger partial charge in [0.25, 0.3) is 5.91 Å². The normalized spacial score (nSPS) is 11.0. The third-order valence-electron chi connectivity index (χ3n) is 3.19. The van der Waals surface area contributed by atoms with Gasteiger partial charge in [-0.2, -0.15) is 0 Å². The fraction of sp³-hybridized carbons (Fsp3) is 0.294. The zero-order valence-electron chi connectivity index (χ0n) is 13.3. The van der Waals surface area contributed by atoms with Crippen LogP contribution in [0.15, 0.2) is 42.6 Å². The van der Waals surface area contributed by atoms with Gasteiger partial charge in [0.05, 0.1) is 7.11 Å². The summed E-state index contributed by atoms with van der Waals surface area (Å²) >= 11 is 0. The number of carbonyl (C=O) groups excluding carboxylic acids is 1. The predicted molar refractivity (Wildman–Crippen MR) is 83.7 cm³/mol. The van der Waals surface area contributed by atoms with E-state index in [9.17, 15) is 9.18 Å².